The van der Waals surface area contributed by atoms with Crippen molar-refractivity contribution in [2.24, 2.45) is 23.7 Å². The van der Waals surface area contributed by atoms with Gasteiger partial charge in [-0.2, -0.15) is 0 Å². The molecule has 1 saturated carbocycles. The van der Waals surface area contributed by atoms with E-state index in [1.54, 1.807) is 24.3 Å². The molecule has 0 unspecified atom stereocenters. The predicted molar refractivity (Wildman–Crippen MR) is 86.8 cm³/mol. The number of carbonyl (C=O) groups is 3. The van der Waals surface area contributed by atoms with Crippen molar-refractivity contribution in [1.82, 2.24) is 10.9 Å². The Labute approximate surface area is 143 Å². The van der Waals surface area contributed by atoms with Gasteiger partial charge in [0.2, 0.25) is 11.8 Å². The molecule has 7 heteroatoms. The Morgan fingerprint density at radius 2 is 1.67 bits per heavy atom. The summed E-state index contributed by atoms with van der Waals surface area (Å²) in [6, 6.07) is 6.82. The lowest BCUT2D eigenvalue weighted by Gasteiger charge is -2.23. The monoisotopic (exact) mass is 348 g/mol. The van der Waals surface area contributed by atoms with E-state index in [4.69, 9.17) is 11.6 Å². The van der Waals surface area contributed by atoms with Crippen LogP contribution in [-0.4, -0.2) is 22.9 Å². The number of hydrazine groups is 1. The van der Waals surface area contributed by atoms with E-state index >= 15 is 0 Å². The summed E-state index contributed by atoms with van der Waals surface area (Å²) in [7, 11) is 0. The Kier molecular flexibility index (Phi) is 4.57. The maximum absolute atomic E-state index is 12.3. The quantitative estimate of drug-likeness (QED) is 0.568. The number of halogens is 1. The number of hydrogen-bond donors (Lipinski definition) is 3. The van der Waals surface area contributed by atoms with Gasteiger partial charge in [0.1, 0.15) is 0 Å². The first kappa shape index (κ1) is 16.5. The van der Waals surface area contributed by atoms with E-state index in [1.807, 2.05) is 12.2 Å². The van der Waals surface area contributed by atoms with Gasteiger partial charge in [-0.25, -0.2) is 0 Å². The minimum atomic E-state index is -0.973. The second kappa shape index (κ2) is 6.65. The van der Waals surface area contributed by atoms with Gasteiger partial charge in [0.15, 0.2) is 0 Å². The molecule has 24 heavy (non-hydrogen) atoms. The summed E-state index contributed by atoms with van der Waals surface area (Å²) >= 11 is 5.78. The van der Waals surface area contributed by atoms with Crippen LogP contribution in [0.1, 0.15) is 12.0 Å². The fraction of sp³-hybridized carbons (Fsp3) is 0.353. The van der Waals surface area contributed by atoms with Crippen molar-refractivity contribution >= 4 is 29.4 Å². The zero-order chi connectivity index (χ0) is 17.3. The van der Waals surface area contributed by atoms with Gasteiger partial charge >= 0.3 is 5.97 Å². The highest BCUT2D eigenvalue weighted by atomic mass is 35.5. The number of allylic oxidation sites excluding steroid dienone is 2. The van der Waals surface area contributed by atoms with E-state index in [0.717, 1.165) is 5.56 Å². The van der Waals surface area contributed by atoms with Crippen molar-refractivity contribution in [3.8, 4) is 0 Å². The van der Waals surface area contributed by atoms with Crippen molar-refractivity contribution in [2.75, 3.05) is 0 Å². The third-order valence-electron chi connectivity index (χ3n) is 4.65. The first-order valence-corrected chi connectivity index (χ1v) is 8.08. The molecular formula is C17H17ClN2O4. The zero-order valence-electron chi connectivity index (χ0n) is 12.7. The molecule has 4 atom stereocenters. The van der Waals surface area contributed by atoms with Crippen molar-refractivity contribution in [3.63, 3.8) is 0 Å². The third kappa shape index (κ3) is 3.28. The van der Waals surface area contributed by atoms with Crippen LogP contribution < -0.4 is 10.9 Å². The van der Waals surface area contributed by atoms with Crippen molar-refractivity contribution < 1.29 is 19.5 Å². The molecule has 0 spiro atoms. The number of nitrogens with one attached hydrogen (secondary N) is 2. The van der Waals surface area contributed by atoms with Crippen LogP contribution in [0.15, 0.2) is 36.4 Å². The summed E-state index contributed by atoms with van der Waals surface area (Å²) in [5.41, 5.74) is 5.48. The molecule has 0 saturated heterocycles. The lowest BCUT2D eigenvalue weighted by atomic mass is 9.82. The molecule has 3 rings (SSSR count). The molecule has 1 aromatic rings. The SMILES string of the molecule is O=C(Cc1ccc(Cl)cc1)NNC(=O)[C@H]1[C@H](C(=O)O)[C@H]2C=C[C@H]1C2. The maximum atomic E-state index is 12.3. The van der Waals surface area contributed by atoms with Crippen LogP contribution in [0.25, 0.3) is 0 Å². The molecule has 0 heterocycles. The third-order valence-corrected chi connectivity index (χ3v) is 4.90. The Balaban J connectivity index is 1.55. The Morgan fingerprint density at radius 1 is 1.04 bits per heavy atom. The normalized spacial score (nSPS) is 27.0. The second-order valence-electron chi connectivity index (χ2n) is 6.18. The maximum Gasteiger partial charge on any atom is 0.307 e. The highest BCUT2D eigenvalue weighted by Crippen LogP contribution is 2.48. The van der Waals surface area contributed by atoms with Gasteiger partial charge in [-0.05, 0) is 36.0 Å². The van der Waals surface area contributed by atoms with Crippen LogP contribution >= 0.6 is 11.6 Å². The second-order valence-corrected chi connectivity index (χ2v) is 6.62. The zero-order valence-corrected chi connectivity index (χ0v) is 13.5. The smallest absolute Gasteiger partial charge is 0.307 e. The van der Waals surface area contributed by atoms with E-state index < -0.39 is 23.7 Å². The van der Waals surface area contributed by atoms with E-state index in [9.17, 15) is 19.5 Å². The number of carboxylic acid groups (broad SMARTS) is 1. The molecule has 3 N–H and O–H groups in total. The average molecular weight is 349 g/mol. The molecule has 2 aliphatic rings. The van der Waals surface area contributed by atoms with Crippen molar-refractivity contribution in [1.29, 1.82) is 0 Å². The number of benzene rings is 1. The minimum Gasteiger partial charge on any atom is -0.481 e. The van der Waals surface area contributed by atoms with Crippen LogP contribution in [0, 0.1) is 23.7 Å². The summed E-state index contributed by atoms with van der Waals surface area (Å²) in [4.78, 5) is 35.6. The molecule has 6 nitrogen and oxygen atoms in total. The fourth-order valence-electron chi connectivity index (χ4n) is 3.56. The Morgan fingerprint density at radius 3 is 2.29 bits per heavy atom. The fourth-order valence-corrected chi connectivity index (χ4v) is 3.69. The number of carbonyl (C=O) groups excluding carboxylic acids is 2. The molecule has 2 bridgehead atoms. The van der Waals surface area contributed by atoms with Crippen LogP contribution in [0.5, 0.6) is 0 Å². The summed E-state index contributed by atoms with van der Waals surface area (Å²) in [5, 5.41) is 9.92. The molecule has 0 radical (unpaired) electrons. The van der Waals surface area contributed by atoms with Crippen molar-refractivity contribution in [2.45, 2.75) is 12.8 Å². The van der Waals surface area contributed by atoms with E-state index in [-0.39, 0.29) is 24.2 Å². The summed E-state index contributed by atoms with van der Waals surface area (Å²) in [6.45, 7) is 0. The van der Waals surface area contributed by atoms with E-state index in [1.165, 1.54) is 0 Å². The number of hydrogen-bond acceptors (Lipinski definition) is 3. The van der Waals surface area contributed by atoms with Crippen LogP contribution in [-0.2, 0) is 20.8 Å². The van der Waals surface area contributed by atoms with Gasteiger partial charge in [0, 0.05) is 5.02 Å². The van der Waals surface area contributed by atoms with E-state index in [0.29, 0.717) is 11.4 Å². The highest BCUT2D eigenvalue weighted by molar-refractivity contribution is 6.30. The molecule has 1 aromatic carbocycles. The molecule has 0 aliphatic heterocycles. The average Bonchev–Trinajstić information content (AvgIpc) is 3.15. The minimum absolute atomic E-state index is 0.0794. The van der Waals surface area contributed by atoms with Gasteiger partial charge in [0.05, 0.1) is 18.3 Å². The molecule has 2 amide bonds. The summed E-state index contributed by atoms with van der Waals surface area (Å²) in [5.74, 6) is -3.36. The van der Waals surface area contributed by atoms with Crippen molar-refractivity contribution in [3.05, 3.63) is 47.0 Å². The molecule has 126 valence electrons. The predicted octanol–water partition coefficient (Wildman–Crippen LogP) is 1.55. The lowest BCUT2D eigenvalue weighted by molar-refractivity contribution is -0.148. The first-order chi connectivity index (χ1) is 11.5. The van der Waals surface area contributed by atoms with Crippen LogP contribution in [0.4, 0.5) is 0 Å². The van der Waals surface area contributed by atoms with Crippen LogP contribution in [0.2, 0.25) is 5.02 Å². The van der Waals surface area contributed by atoms with Gasteiger partial charge in [-0.15, -0.1) is 0 Å². The number of fused-ring (bicyclic) bond motifs is 2. The number of aliphatic carboxylic acids is 1. The van der Waals surface area contributed by atoms with Gasteiger partial charge in [-0.1, -0.05) is 35.9 Å². The van der Waals surface area contributed by atoms with Gasteiger partial charge < -0.3 is 5.11 Å². The molecule has 1 fully saturated rings. The summed E-state index contributed by atoms with van der Waals surface area (Å²) < 4.78 is 0. The van der Waals surface area contributed by atoms with Crippen LogP contribution in [0.3, 0.4) is 0 Å². The molecule has 0 aromatic heterocycles. The topological polar surface area (TPSA) is 95.5 Å². The Hall–Kier alpha value is -2.34. The standard InChI is InChI=1S/C17H17ClN2O4/c18-12-5-1-9(2-6-12)7-13(21)19-20-16(22)14-10-3-4-11(8-10)15(14)17(23)24/h1-6,10-11,14-15H,7-8H2,(H,19,21)(H,20,22)(H,23,24)/t10-,11-,14+,15+/m0/s1. The summed E-state index contributed by atoms with van der Waals surface area (Å²) in [6.07, 6.45) is 4.53. The molecule has 2 aliphatic carbocycles. The number of carboxylic acids is 1. The Bertz CT molecular complexity index is 701. The van der Waals surface area contributed by atoms with Gasteiger partial charge in [0.25, 0.3) is 0 Å². The number of rotatable bonds is 4. The molecular weight excluding hydrogens is 332 g/mol. The highest BCUT2D eigenvalue weighted by Gasteiger charge is 2.51. The van der Waals surface area contributed by atoms with Gasteiger partial charge in [-0.3, -0.25) is 25.2 Å². The number of amides is 2. The van der Waals surface area contributed by atoms with E-state index in [2.05, 4.69) is 10.9 Å². The lowest BCUT2D eigenvalue weighted by Crippen LogP contribution is -2.48. The first-order valence-electron chi connectivity index (χ1n) is 7.70. The largest absolute Gasteiger partial charge is 0.481 e.